The number of benzene rings is 1. The van der Waals surface area contributed by atoms with Crippen molar-refractivity contribution in [3.8, 4) is 11.5 Å². The van der Waals surface area contributed by atoms with Gasteiger partial charge in [-0.2, -0.15) is 10.1 Å². The van der Waals surface area contributed by atoms with Gasteiger partial charge in [-0.15, -0.1) is 0 Å². The minimum Gasteiger partial charge on any atom is -0.454 e. The van der Waals surface area contributed by atoms with Gasteiger partial charge in [0.2, 0.25) is 12.7 Å². The van der Waals surface area contributed by atoms with Crippen molar-refractivity contribution in [3.05, 3.63) is 45.4 Å². The van der Waals surface area contributed by atoms with Crippen LogP contribution in [0, 0.1) is 15.5 Å². The Balaban J connectivity index is 1.76. The van der Waals surface area contributed by atoms with Crippen molar-refractivity contribution in [1.29, 1.82) is 0 Å². The summed E-state index contributed by atoms with van der Waals surface area (Å²) < 4.78 is 12.2. The molecule has 10 nitrogen and oxygen atoms in total. The second kappa shape index (κ2) is 5.54. The number of nitro groups is 1. The molecule has 2 aliphatic heterocycles. The summed E-state index contributed by atoms with van der Waals surface area (Å²) in [5, 5.41) is 19.2. The zero-order valence-electron chi connectivity index (χ0n) is 15.3. The Kier molecular flexibility index (Phi) is 3.31. The predicted molar refractivity (Wildman–Crippen MR) is 96.1 cm³/mol. The van der Waals surface area contributed by atoms with Gasteiger partial charge in [-0.25, -0.2) is 4.68 Å². The van der Waals surface area contributed by atoms with Crippen LogP contribution in [0.2, 0.25) is 0 Å². The molecule has 2 aromatic rings. The summed E-state index contributed by atoms with van der Waals surface area (Å²) in [7, 11) is 0. The molecular formula is C18H17N5O5. The highest BCUT2D eigenvalue weighted by Gasteiger charge is 2.44. The maximum atomic E-state index is 13.1. The van der Waals surface area contributed by atoms with E-state index in [1.54, 1.807) is 6.07 Å². The van der Waals surface area contributed by atoms with Crippen LogP contribution >= 0.6 is 0 Å². The zero-order valence-corrected chi connectivity index (χ0v) is 15.3. The van der Waals surface area contributed by atoms with Crippen LogP contribution in [-0.4, -0.2) is 32.3 Å². The Bertz CT molecular complexity index is 1070. The zero-order chi connectivity index (χ0) is 19.6. The van der Waals surface area contributed by atoms with Crippen molar-refractivity contribution < 1.29 is 19.2 Å². The van der Waals surface area contributed by atoms with E-state index >= 15 is 0 Å². The van der Waals surface area contributed by atoms with Crippen LogP contribution < -0.4 is 14.8 Å². The van der Waals surface area contributed by atoms with E-state index in [2.05, 4.69) is 15.4 Å². The van der Waals surface area contributed by atoms with E-state index in [0.717, 1.165) is 5.70 Å². The molecule has 1 N–H and O–H groups in total. The normalized spacial score (nSPS) is 21.8. The number of allylic oxidation sites excluding steroid dienone is 2. The van der Waals surface area contributed by atoms with Crippen LogP contribution in [0.4, 0.5) is 11.6 Å². The first-order valence-corrected chi connectivity index (χ1v) is 8.85. The van der Waals surface area contributed by atoms with Crippen molar-refractivity contribution in [3.63, 3.8) is 0 Å². The lowest BCUT2D eigenvalue weighted by atomic mass is 9.73. The van der Waals surface area contributed by atoms with Gasteiger partial charge in [0.05, 0.1) is 16.6 Å². The maximum Gasteiger partial charge on any atom is 0.279 e. The monoisotopic (exact) mass is 383 g/mol. The first-order chi connectivity index (χ1) is 13.3. The van der Waals surface area contributed by atoms with Crippen molar-refractivity contribution in [2.24, 2.45) is 5.41 Å². The Morgan fingerprint density at radius 3 is 2.79 bits per heavy atom. The lowest BCUT2D eigenvalue weighted by Crippen LogP contribution is -2.36. The number of ether oxygens (including phenoxy) is 2. The van der Waals surface area contributed by atoms with E-state index in [1.807, 2.05) is 13.8 Å². The third-order valence-corrected chi connectivity index (χ3v) is 5.29. The summed E-state index contributed by atoms with van der Waals surface area (Å²) in [5.74, 6) is 1.11. The SMILES string of the molecule is CC1(C)CC(=O)C2=C(C1)Nc1ncnn1[C@H]2c1cc2c(cc1[N+](=O)[O-])OCO2. The van der Waals surface area contributed by atoms with Crippen molar-refractivity contribution in [2.45, 2.75) is 32.7 Å². The standard InChI is InChI=1S/C18H17N5O5/c1-18(2)5-10-15(12(24)6-18)16(22-17(21-10)19-7-20-22)9-3-13-14(28-8-27-13)4-11(9)23(25)26/h3-4,7,16H,5-6,8H2,1-2H3,(H,19,20,21)/t16-/m0/s1. The van der Waals surface area contributed by atoms with Gasteiger partial charge in [0, 0.05) is 17.7 Å². The molecule has 1 aliphatic carbocycles. The lowest BCUT2D eigenvalue weighted by molar-refractivity contribution is -0.385. The summed E-state index contributed by atoms with van der Waals surface area (Å²) >= 11 is 0. The Labute approximate surface area is 159 Å². The molecule has 3 heterocycles. The number of aromatic nitrogens is 3. The summed E-state index contributed by atoms with van der Waals surface area (Å²) in [6, 6.07) is 2.15. The fourth-order valence-electron chi connectivity index (χ4n) is 4.16. The molecule has 10 heteroatoms. The quantitative estimate of drug-likeness (QED) is 0.620. The van der Waals surface area contributed by atoms with Gasteiger partial charge in [-0.1, -0.05) is 13.8 Å². The first kappa shape index (κ1) is 16.7. The Morgan fingerprint density at radius 1 is 1.29 bits per heavy atom. The lowest BCUT2D eigenvalue weighted by Gasteiger charge is -2.38. The van der Waals surface area contributed by atoms with Gasteiger partial charge in [0.25, 0.3) is 5.69 Å². The van der Waals surface area contributed by atoms with Gasteiger partial charge < -0.3 is 14.8 Å². The average Bonchev–Trinajstić information content (AvgIpc) is 3.25. The molecule has 144 valence electrons. The third-order valence-electron chi connectivity index (χ3n) is 5.29. The van der Waals surface area contributed by atoms with E-state index < -0.39 is 11.0 Å². The molecule has 0 radical (unpaired) electrons. The first-order valence-electron chi connectivity index (χ1n) is 8.85. The molecule has 1 aromatic carbocycles. The van der Waals surface area contributed by atoms with Gasteiger partial charge in [-0.3, -0.25) is 14.9 Å². The van der Waals surface area contributed by atoms with E-state index in [-0.39, 0.29) is 23.7 Å². The highest BCUT2D eigenvalue weighted by Crippen LogP contribution is 2.49. The van der Waals surface area contributed by atoms with Crippen LogP contribution in [-0.2, 0) is 4.79 Å². The van der Waals surface area contributed by atoms with Gasteiger partial charge in [-0.05, 0) is 17.9 Å². The maximum absolute atomic E-state index is 13.1. The van der Waals surface area contributed by atoms with Crippen molar-refractivity contribution >= 4 is 17.4 Å². The predicted octanol–water partition coefficient (Wildman–Crippen LogP) is 2.57. The van der Waals surface area contributed by atoms with Crippen molar-refractivity contribution in [1.82, 2.24) is 14.8 Å². The average molecular weight is 383 g/mol. The molecule has 0 fully saturated rings. The summed E-state index contributed by atoms with van der Waals surface area (Å²) in [4.78, 5) is 28.6. The highest BCUT2D eigenvalue weighted by molar-refractivity contribution is 6.00. The molecule has 0 saturated heterocycles. The summed E-state index contributed by atoms with van der Waals surface area (Å²) in [6.07, 6.45) is 2.35. The van der Waals surface area contributed by atoms with E-state index in [4.69, 9.17) is 9.47 Å². The molecule has 0 unspecified atom stereocenters. The number of hydrogen-bond acceptors (Lipinski definition) is 8. The number of nitrogens with zero attached hydrogens (tertiary/aromatic N) is 4. The summed E-state index contributed by atoms with van der Waals surface area (Å²) in [5.41, 5.74) is 1.18. The minimum absolute atomic E-state index is 0.00218. The molecule has 1 atom stereocenters. The molecule has 3 aliphatic rings. The van der Waals surface area contributed by atoms with Gasteiger partial charge in [0.1, 0.15) is 12.4 Å². The third kappa shape index (κ3) is 2.37. The van der Waals surface area contributed by atoms with Crippen LogP contribution in [0.1, 0.15) is 38.3 Å². The van der Waals surface area contributed by atoms with E-state index in [1.165, 1.54) is 17.1 Å². The molecule has 0 amide bonds. The van der Waals surface area contributed by atoms with Crippen LogP contribution in [0.15, 0.2) is 29.7 Å². The van der Waals surface area contributed by atoms with Crippen LogP contribution in [0.25, 0.3) is 0 Å². The topological polar surface area (TPSA) is 121 Å². The molecule has 0 saturated carbocycles. The fraction of sp³-hybridized carbons (Fsp3) is 0.389. The van der Waals surface area contributed by atoms with Crippen LogP contribution in [0.3, 0.4) is 0 Å². The number of fused-ring (bicyclic) bond motifs is 2. The highest BCUT2D eigenvalue weighted by atomic mass is 16.7. The number of carbonyl (C=O) groups excluding carboxylic acids is 1. The minimum atomic E-state index is -0.757. The van der Waals surface area contributed by atoms with E-state index in [9.17, 15) is 14.9 Å². The van der Waals surface area contributed by atoms with Crippen LogP contribution in [0.5, 0.6) is 11.5 Å². The smallest absolute Gasteiger partial charge is 0.279 e. The second-order valence-corrected chi connectivity index (χ2v) is 7.91. The Hall–Kier alpha value is -3.43. The molecular weight excluding hydrogens is 366 g/mol. The summed E-state index contributed by atoms with van der Waals surface area (Å²) in [6.45, 7) is 4.04. The number of nitro benzene ring substituents is 1. The molecule has 28 heavy (non-hydrogen) atoms. The number of nitrogens with one attached hydrogen (secondary N) is 1. The number of Topliss-reactive ketones (excluding diaryl/α,β-unsaturated/α-hetero) is 1. The Morgan fingerprint density at radius 2 is 2.04 bits per heavy atom. The molecule has 0 spiro atoms. The fourth-order valence-corrected chi connectivity index (χ4v) is 4.16. The number of ketones is 1. The van der Waals surface area contributed by atoms with Gasteiger partial charge >= 0.3 is 0 Å². The molecule has 1 aromatic heterocycles. The van der Waals surface area contributed by atoms with Crippen molar-refractivity contribution in [2.75, 3.05) is 12.1 Å². The second-order valence-electron chi connectivity index (χ2n) is 7.91. The molecule has 5 rings (SSSR count). The molecule has 0 bridgehead atoms. The van der Waals surface area contributed by atoms with E-state index in [0.29, 0.717) is 41.4 Å². The van der Waals surface area contributed by atoms with Gasteiger partial charge in [0.15, 0.2) is 17.3 Å². The number of carbonyl (C=O) groups is 1. The number of rotatable bonds is 2. The largest absolute Gasteiger partial charge is 0.454 e. The number of hydrogen-bond donors (Lipinski definition) is 1. The number of anilines is 1.